The second kappa shape index (κ2) is 5.02. The van der Waals surface area contributed by atoms with Gasteiger partial charge in [-0.2, -0.15) is 0 Å². The van der Waals surface area contributed by atoms with Crippen LogP contribution in [-0.2, 0) is 0 Å². The molecule has 1 heterocycles. The van der Waals surface area contributed by atoms with Crippen molar-refractivity contribution in [2.45, 2.75) is 13.3 Å². The van der Waals surface area contributed by atoms with Crippen LogP contribution in [0.4, 0.5) is 0 Å². The van der Waals surface area contributed by atoms with Gasteiger partial charge in [-0.15, -0.1) is 17.0 Å². The number of thioether (sulfide) groups is 1. The van der Waals surface area contributed by atoms with Crippen LogP contribution in [0.25, 0.3) is 0 Å². The molecule has 0 radical (unpaired) electrons. The van der Waals surface area contributed by atoms with Crippen LogP contribution in [0.2, 0.25) is 0 Å². The summed E-state index contributed by atoms with van der Waals surface area (Å²) in [5.41, 5.74) is 0. The van der Waals surface area contributed by atoms with Crippen molar-refractivity contribution in [3.63, 3.8) is 0 Å². The van der Waals surface area contributed by atoms with Crippen LogP contribution < -0.4 is 0 Å². The van der Waals surface area contributed by atoms with E-state index in [1.807, 2.05) is 0 Å². The maximum absolute atomic E-state index is 7.43. The zero-order chi connectivity index (χ0) is 6.69. The van der Waals surface area contributed by atoms with Crippen LogP contribution in [0.1, 0.15) is 13.3 Å². The van der Waals surface area contributed by atoms with Crippen LogP contribution in [-0.4, -0.2) is 28.9 Å². The molecule has 1 N–H and O–H groups in total. The summed E-state index contributed by atoms with van der Waals surface area (Å²) in [6.45, 7) is 4.18. The first-order valence-corrected chi connectivity index (χ1v) is 4.29. The molecule has 2 nitrogen and oxygen atoms in total. The molecule has 1 aliphatic heterocycles. The molecule has 0 bridgehead atoms. The summed E-state index contributed by atoms with van der Waals surface area (Å²) in [6.07, 6.45) is 1.24. The Hall–Kier alpha value is 0.300. The average Bonchev–Trinajstić information content (AvgIpc) is 1.89. The summed E-state index contributed by atoms with van der Waals surface area (Å²) in [5, 5.41) is 8.19. The summed E-state index contributed by atoms with van der Waals surface area (Å²) in [5.74, 6) is 1.13. The third-order valence-corrected chi connectivity index (χ3v) is 2.50. The van der Waals surface area contributed by atoms with E-state index < -0.39 is 0 Å². The number of rotatable bonds is 1. The van der Waals surface area contributed by atoms with Crippen molar-refractivity contribution in [2.75, 3.05) is 18.8 Å². The van der Waals surface area contributed by atoms with Crippen molar-refractivity contribution in [3.8, 4) is 0 Å². The van der Waals surface area contributed by atoms with Gasteiger partial charge >= 0.3 is 0 Å². The zero-order valence-corrected chi connectivity index (χ0v) is 8.62. The normalized spacial score (nSPS) is 18.5. The third kappa shape index (κ3) is 2.50. The highest BCUT2D eigenvalue weighted by molar-refractivity contribution is 8.93. The fourth-order valence-corrected chi connectivity index (χ4v) is 1.79. The molecule has 0 saturated carbocycles. The quantitative estimate of drug-likeness (QED) is 0.738. The molecule has 0 atom stereocenters. The van der Waals surface area contributed by atoms with E-state index in [0.29, 0.717) is 0 Å². The largest absolute Gasteiger partial charge is 0.352 e. The molecule has 0 aromatic carbocycles. The van der Waals surface area contributed by atoms with Gasteiger partial charge < -0.3 is 4.90 Å². The monoisotopic (exact) mass is 224 g/mol. The number of nitrogens with zero attached hydrogens (tertiary/aromatic N) is 1. The molecule has 4 heteroatoms. The Morgan fingerprint density at radius 2 is 2.40 bits per heavy atom. The minimum absolute atomic E-state index is 0. The van der Waals surface area contributed by atoms with E-state index in [0.717, 1.165) is 24.0 Å². The predicted molar refractivity (Wildman–Crippen MR) is 52.4 cm³/mol. The van der Waals surface area contributed by atoms with Gasteiger partial charge in [-0.3, -0.25) is 5.41 Å². The molecule has 1 fully saturated rings. The maximum Gasteiger partial charge on any atom is 0.156 e. The highest BCUT2D eigenvalue weighted by Crippen LogP contribution is 2.14. The lowest BCUT2D eigenvalue weighted by Gasteiger charge is -2.26. The molecule has 0 aliphatic carbocycles. The fourth-order valence-electron chi connectivity index (χ4n) is 0.919. The molecule has 1 rings (SSSR count). The van der Waals surface area contributed by atoms with Crippen molar-refractivity contribution in [1.29, 1.82) is 5.41 Å². The molecule has 60 valence electrons. The first kappa shape index (κ1) is 10.3. The number of nitrogens with one attached hydrogen (secondary N) is 1. The van der Waals surface area contributed by atoms with E-state index in [1.165, 1.54) is 6.42 Å². The predicted octanol–water partition coefficient (Wildman–Crippen LogP) is 1.96. The summed E-state index contributed by atoms with van der Waals surface area (Å²) in [6, 6.07) is 0. The highest BCUT2D eigenvalue weighted by atomic mass is 79.9. The number of hydrogen-bond donors (Lipinski definition) is 1. The molecule has 0 unspecified atom stereocenters. The van der Waals surface area contributed by atoms with E-state index >= 15 is 0 Å². The number of halogens is 1. The van der Waals surface area contributed by atoms with E-state index in [-0.39, 0.29) is 17.0 Å². The van der Waals surface area contributed by atoms with Crippen molar-refractivity contribution >= 4 is 33.9 Å². The summed E-state index contributed by atoms with van der Waals surface area (Å²) in [4.78, 5) is 2.11. The first-order valence-electron chi connectivity index (χ1n) is 3.31. The summed E-state index contributed by atoms with van der Waals surface area (Å²) >= 11 is 1.66. The van der Waals surface area contributed by atoms with Crippen LogP contribution in [0.5, 0.6) is 0 Å². The van der Waals surface area contributed by atoms with Crippen LogP contribution in [0, 0.1) is 5.41 Å². The van der Waals surface area contributed by atoms with Gasteiger partial charge in [0.15, 0.2) is 5.17 Å². The topological polar surface area (TPSA) is 27.1 Å². The Morgan fingerprint density at radius 3 is 2.80 bits per heavy atom. The summed E-state index contributed by atoms with van der Waals surface area (Å²) < 4.78 is 0. The van der Waals surface area contributed by atoms with Crippen LogP contribution in [0.3, 0.4) is 0 Å². The Labute approximate surface area is 76.6 Å². The summed E-state index contributed by atoms with van der Waals surface area (Å²) in [7, 11) is 0. The highest BCUT2D eigenvalue weighted by Gasteiger charge is 2.12. The Bertz CT molecular complexity index is 118. The van der Waals surface area contributed by atoms with Crippen LogP contribution >= 0.6 is 28.7 Å². The fraction of sp³-hybridized carbons (Fsp3) is 0.833. The second-order valence-electron chi connectivity index (χ2n) is 2.09. The molecule has 0 spiro atoms. The van der Waals surface area contributed by atoms with Crippen molar-refractivity contribution in [1.82, 2.24) is 4.90 Å². The van der Waals surface area contributed by atoms with E-state index in [2.05, 4.69) is 11.8 Å². The third-order valence-electron chi connectivity index (χ3n) is 1.48. The first-order chi connectivity index (χ1) is 4.34. The van der Waals surface area contributed by atoms with Crippen molar-refractivity contribution in [3.05, 3.63) is 0 Å². The van der Waals surface area contributed by atoms with Crippen molar-refractivity contribution in [2.24, 2.45) is 0 Å². The smallest absolute Gasteiger partial charge is 0.156 e. The average molecular weight is 225 g/mol. The van der Waals surface area contributed by atoms with Gasteiger partial charge in [-0.1, -0.05) is 11.8 Å². The molecule has 10 heavy (non-hydrogen) atoms. The number of hydrogen-bond acceptors (Lipinski definition) is 2. The Balaban J connectivity index is 0.000000810. The molecule has 0 aromatic rings. The standard InChI is InChI=1S/C6H12N2S.BrH/c1-2-8-4-3-5-9-6(8)7;/h7H,2-5H2,1H3;1H. The van der Waals surface area contributed by atoms with Crippen LogP contribution in [0.15, 0.2) is 0 Å². The second-order valence-corrected chi connectivity index (χ2v) is 3.17. The van der Waals surface area contributed by atoms with E-state index in [1.54, 1.807) is 11.8 Å². The molecule has 0 amide bonds. The maximum atomic E-state index is 7.43. The van der Waals surface area contributed by atoms with Gasteiger partial charge in [-0.05, 0) is 13.3 Å². The van der Waals surface area contributed by atoms with E-state index in [4.69, 9.17) is 5.41 Å². The van der Waals surface area contributed by atoms with Gasteiger partial charge in [0.05, 0.1) is 0 Å². The van der Waals surface area contributed by atoms with Gasteiger partial charge in [0, 0.05) is 18.8 Å². The lowest BCUT2D eigenvalue weighted by atomic mass is 10.4. The SMILES string of the molecule is Br.CCN1CCCSC1=N. The zero-order valence-electron chi connectivity index (χ0n) is 6.09. The lowest BCUT2D eigenvalue weighted by Crippen LogP contribution is -2.32. The molecule has 1 saturated heterocycles. The molecular weight excluding hydrogens is 212 g/mol. The minimum atomic E-state index is 0. The number of amidine groups is 1. The molecular formula is C6H13BrN2S. The Kier molecular flexibility index (Phi) is 5.17. The Morgan fingerprint density at radius 1 is 1.70 bits per heavy atom. The molecule has 0 aromatic heterocycles. The van der Waals surface area contributed by atoms with Gasteiger partial charge in [0.25, 0.3) is 0 Å². The van der Waals surface area contributed by atoms with Gasteiger partial charge in [0.1, 0.15) is 0 Å². The van der Waals surface area contributed by atoms with Crippen molar-refractivity contribution < 1.29 is 0 Å². The lowest BCUT2D eigenvalue weighted by molar-refractivity contribution is 0.441. The molecule has 1 aliphatic rings. The van der Waals surface area contributed by atoms with E-state index in [9.17, 15) is 0 Å². The minimum Gasteiger partial charge on any atom is -0.352 e. The van der Waals surface area contributed by atoms with Gasteiger partial charge in [-0.25, -0.2) is 0 Å². The van der Waals surface area contributed by atoms with Gasteiger partial charge in [0.2, 0.25) is 0 Å².